The number of hydrogen-bond donors (Lipinski definition) is 1. The highest BCUT2D eigenvalue weighted by Crippen LogP contribution is 2.29. The van der Waals surface area contributed by atoms with Crippen LogP contribution in [0.15, 0.2) is 18.2 Å². The van der Waals surface area contributed by atoms with Gasteiger partial charge < -0.3 is 14.7 Å². The average Bonchev–Trinajstić information content (AvgIpc) is 3.04. The number of anilines is 1. The van der Waals surface area contributed by atoms with Crippen LogP contribution < -0.4 is 4.90 Å². The first-order valence-corrected chi connectivity index (χ1v) is 6.87. The van der Waals surface area contributed by atoms with Crippen molar-refractivity contribution in [3.05, 3.63) is 23.9 Å². The maximum absolute atomic E-state index is 11.0. The fourth-order valence-electron chi connectivity index (χ4n) is 2.43. The fourth-order valence-corrected chi connectivity index (χ4v) is 3.23. The van der Waals surface area contributed by atoms with Gasteiger partial charge in [-0.05, 0) is 36.2 Å². The number of hydrogen-bond acceptors (Lipinski definition) is 5. The SMILES string of the molecule is CO[C@@H]1CCN(c2ccc3c(C(=O)O)nsc3c2)C1. The average molecular weight is 278 g/mol. The van der Waals surface area contributed by atoms with Crippen LogP contribution in [-0.4, -0.2) is 41.8 Å². The van der Waals surface area contributed by atoms with Gasteiger partial charge in [0.1, 0.15) is 0 Å². The van der Waals surface area contributed by atoms with Gasteiger partial charge >= 0.3 is 5.97 Å². The van der Waals surface area contributed by atoms with Crippen molar-refractivity contribution in [3.63, 3.8) is 0 Å². The smallest absolute Gasteiger partial charge is 0.356 e. The second kappa shape index (κ2) is 4.79. The first-order valence-electron chi connectivity index (χ1n) is 6.09. The Morgan fingerprint density at radius 3 is 3.11 bits per heavy atom. The molecule has 0 aliphatic carbocycles. The third-order valence-electron chi connectivity index (χ3n) is 3.50. The number of ether oxygens (including phenoxy) is 1. The van der Waals surface area contributed by atoms with Crippen molar-refractivity contribution in [2.24, 2.45) is 0 Å². The molecule has 1 aliphatic heterocycles. The number of rotatable bonds is 3. The number of fused-ring (bicyclic) bond motifs is 1. The Kier molecular flexibility index (Phi) is 3.12. The van der Waals surface area contributed by atoms with Crippen molar-refractivity contribution < 1.29 is 14.6 Å². The summed E-state index contributed by atoms with van der Waals surface area (Å²) in [6.07, 6.45) is 1.31. The van der Waals surface area contributed by atoms with Gasteiger partial charge in [0.25, 0.3) is 0 Å². The van der Waals surface area contributed by atoms with Crippen LogP contribution in [0.2, 0.25) is 0 Å². The third-order valence-corrected chi connectivity index (χ3v) is 4.31. The Hall–Kier alpha value is -1.66. The molecule has 1 aliphatic rings. The van der Waals surface area contributed by atoms with Crippen LogP contribution in [0.3, 0.4) is 0 Å². The summed E-state index contributed by atoms with van der Waals surface area (Å²) in [4.78, 5) is 13.3. The Labute approximate surface area is 114 Å². The van der Waals surface area contributed by atoms with Gasteiger partial charge in [-0.1, -0.05) is 0 Å². The molecule has 2 aromatic rings. The van der Waals surface area contributed by atoms with E-state index in [0.717, 1.165) is 29.9 Å². The van der Waals surface area contributed by atoms with Gasteiger partial charge in [0.2, 0.25) is 0 Å². The molecule has 0 bridgehead atoms. The van der Waals surface area contributed by atoms with E-state index in [4.69, 9.17) is 9.84 Å². The van der Waals surface area contributed by atoms with Crippen LogP contribution >= 0.6 is 11.5 Å². The second-order valence-corrected chi connectivity index (χ2v) is 5.41. The summed E-state index contributed by atoms with van der Waals surface area (Å²) >= 11 is 1.23. The van der Waals surface area contributed by atoms with Gasteiger partial charge in [0.15, 0.2) is 5.69 Å². The van der Waals surface area contributed by atoms with Crippen LogP contribution in [0.5, 0.6) is 0 Å². The minimum absolute atomic E-state index is 0.141. The Morgan fingerprint density at radius 2 is 2.42 bits per heavy atom. The van der Waals surface area contributed by atoms with Gasteiger partial charge in [-0.15, -0.1) is 0 Å². The Bertz CT molecular complexity index is 625. The molecule has 1 fully saturated rings. The molecule has 1 saturated heterocycles. The van der Waals surface area contributed by atoms with E-state index >= 15 is 0 Å². The van der Waals surface area contributed by atoms with Gasteiger partial charge in [-0.25, -0.2) is 4.79 Å². The summed E-state index contributed by atoms with van der Waals surface area (Å²) in [7, 11) is 1.74. The maximum Gasteiger partial charge on any atom is 0.356 e. The lowest BCUT2D eigenvalue weighted by Crippen LogP contribution is -2.21. The quantitative estimate of drug-likeness (QED) is 0.932. The monoisotopic (exact) mass is 278 g/mol. The van der Waals surface area contributed by atoms with Crippen molar-refractivity contribution in [1.82, 2.24) is 4.37 Å². The maximum atomic E-state index is 11.0. The highest BCUT2D eigenvalue weighted by molar-refractivity contribution is 7.13. The van der Waals surface area contributed by atoms with Crippen molar-refractivity contribution >= 4 is 33.3 Å². The topological polar surface area (TPSA) is 62.7 Å². The number of benzene rings is 1. The molecule has 3 rings (SSSR count). The molecule has 1 N–H and O–H groups in total. The number of aromatic carboxylic acids is 1. The summed E-state index contributed by atoms with van der Waals surface area (Å²) in [6, 6.07) is 5.82. The number of methoxy groups -OCH3 is 1. The van der Waals surface area contributed by atoms with Gasteiger partial charge in [-0.3, -0.25) is 0 Å². The number of carboxylic acids is 1. The lowest BCUT2D eigenvalue weighted by atomic mass is 10.2. The molecule has 6 heteroatoms. The summed E-state index contributed by atoms with van der Waals surface area (Å²) in [6.45, 7) is 1.85. The largest absolute Gasteiger partial charge is 0.476 e. The van der Waals surface area contributed by atoms with E-state index in [1.54, 1.807) is 7.11 Å². The molecule has 0 spiro atoms. The summed E-state index contributed by atoms with van der Waals surface area (Å²) in [5.74, 6) is -0.973. The molecular formula is C13H14N2O3S. The minimum Gasteiger partial charge on any atom is -0.476 e. The number of carboxylic acid groups (broad SMARTS) is 1. The summed E-state index contributed by atoms with van der Waals surface area (Å²) in [5.41, 5.74) is 1.25. The Balaban J connectivity index is 1.93. The van der Waals surface area contributed by atoms with Crippen LogP contribution in [0.4, 0.5) is 5.69 Å². The first kappa shape index (κ1) is 12.4. The molecule has 0 saturated carbocycles. The van der Waals surface area contributed by atoms with Crippen molar-refractivity contribution in [2.45, 2.75) is 12.5 Å². The number of nitrogens with zero attached hydrogens (tertiary/aromatic N) is 2. The van der Waals surface area contributed by atoms with Crippen molar-refractivity contribution in [1.29, 1.82) is 0 Å². The van der Waals surface area contributed by atoms with E-state index in [1.807, 2.05) is 18.2 Å². The molecule has 0 radical (unpaired) electrons. The van der Waals surface area contributed by atoms with Crippen LogP contribution in [0.1, 0.15) is 16.9 Å². The van der Waals surface area contributed by atoms with E-state index in [2.05, 4.69) is 9.27 Å². The molecule has 1 atom stereocenters. The molecule has 0 amide bonds. The predicted molar refractivity (Wildman–Crippen MR) is 74.2 cm³/mol. The van der Waals surface area contributed by atoms with E-state index < -0.39 is 5.97 Å². The second-order valence-electron chi connectivity index (χ2n) is 4.61. The summed E-state index contributed by atoms with van der Waals surface area (Å²) in [5, 5.41) is 9.75. The fraction of sp³-hybridized carbons (Fsp3) is 0.385. The lowest BCUT2D eigenvalue weighted by molar-refractivity contribution is 0.0694. The van der Waals surface area contributed by atoms with E-state index in [1.165, 1.54) is 11.5 Å². The van der Waals surface area contributed by atoms with Gasteiger partial charge in [0.05, 0.1) is 10.8 Å². The molecule has 5 nitrogen and oxygen atoms in total. The zero-order valence-electron chi connectivity index (χ0n) is 10.5. The molecule has 19 heavy (non-hydrogen) atoms. The van der Waals surface area contributed by atoms with E-state index in [9.17, 15) is 4.79 Å². The molecular weight excluding hydrogens is 264 g/mol. The van der Waals surface area contributed by atoms with Crippen molar-refractivity contribution in [3.8, 4) is 0 Å². The molecule has 100 valence electrons. The zero-order chi connectivity index (χ0) is 13.4. The molecule has 0 unspecified atom stereocenters. The van der Waals surface area contributed by atoms with Gasteiger partial charge in [0, 0.05) is 31.3 Å². The van der Waals surface area contributed by atoms with Crippen LogP contribution in [0.25, 0.3) is 10.1 Å². The van der Waals surface area contributed by atoms with Crippen LogP contribution in [-0.2, 0) is 4.74 Å². The molecule has 1 aromatic heterocycles. The normalized spacial score (nSPS) is 19.2. The first-order chi connectivity index (χ1) is 9.19. The van der Waals surface area contributed by atoms with Crippen molar-refractivity contribution in [2.75, 3.05) is 25.1 Å². The number of carbonyl (C=O) groups is 1. The number of aromatic nitrogens is 1. The lowest BCUT2D eigenvalue weighted by Gasteiger charge is -2.18. The van der Waals surface area contributed by atoms with Gasteiger partial charge in [-0.2, -0.15) is 4.37 Å². The van der Waals surface area contributed by atoms with E-state index in [0.29, 0.717) is 5.39 Å². The minimum atomic E-state index is -0.973. The van der Waals surface area contributed by atoms with E-state index in [-0.39, 0.29) is 11.8 Å². The van der Waals surface area contributed by atoms with Crippen LogP contribution in [0, 0.1) is 0 Å². The molecule has 1 aromatic carbocycles. The standard InChI is InChI=1S/C13H14N2O3S/c1-18-9-4-5-15(7-9)8-2-3-10-11(6-8)19-14-12(10)13(16)17/h2-3,6,9H,4-5,7H2,1H3,(H,16,17)/t9-/m1/s1. The predicted octanol–water partition coefficient (Wildman–Crippen LogP) is 2.22. The summed E-state index contributed by atoms with van der Waals surface area (Å²) < 4.78 is 10.3. The third kappa shape index (κ3) is 2.17. The molecule has 2 heterocycles. The zero-order valence-corrected chi connectivity index (χ0v) is 11.3. The highest BCUT2D eigenvalue weighted by atomic mass is 32.1. The Morgan fingerprint density at radius 1 is 1.58 bits per heavy atom. The highest BCUT2D eigenvalue weighted by Gasteiger charge is 2.23.